The second-order valence-corrected chi connectivity index (χ2v) is 25.1. The fraction of sp³-hybridized carbons (Fsp3) is 0.891. The third kappa shape index (κ3) is 30.5. The molecule has 0 spiro atoms. The average molecular weight is 1290 g/mol. The van der Waals surface area contributed by atoms with E-state index in [1.54, 1.807) is 14.0 Å². The van der Waals surface area contributed by atoms with Gasteiger partial charge < -0.3 is 96.2 Å². The summed E-state index contributed by atoms with van der Waals surface area (Å²) in [5.41, 5.74) is 0. The fourth-order valence-electron chi connectivity index (χ4n) is 11.9. The van der Waals surface area contributed by atoms with Gasteiger partial charge in [-0.3, -0.25) is 33.6 Å². The van der Waals surface area contributed by atoms with Gasteiger partial charge in [-0.25, -0.2) is 0 Å². The number of nitrogens with one attached hydrogen (secondary N) is 5. The zero-order valence-corrected chi connectivity index (χ0v) is 54.2. The lowest BCUT2D eigenvalue weighted by Gasteiger charge is -2.42. The summed E-state index contributed by atoms with van der Waals surface area (Å²) in [6, 6.07) is -1.75. The Morgan fingerprint density at radius 3 is 1.53 bits per heavy atom. The minimum absolute atomic E-state index is 0.105. The van der Waals surface area contributed by atoms with Crippen LogP contribution in [0.3, 0.4) is 0 Å². The molecular weight excluding hydrogens is 1170 g/mol. The summed E-state index contributed by atoms with van der Waals surface area (Å²) < 4.78 is 28.1. The lowest BCUT2D eigenvalue weighted by atomic mass is 9.86. The maximum atomic E-state index is 14.4. The molecule has 0 radical (unpaired) electrons. The molecule has 522 valence electrons. The molecule has 17 atom stereocenters. The first-order valence-corrected chi connectivity index (χ1v) is 33.6. The summed E-state index contributed by atoms with van der Waals surface area (Å²) in [5, 5.41) is 105. The van der Waals surface area contributed by atoms with E-state index in [0.717, 1.165) is 32.1 Å². The molecule has 5 amide bonds. The van der Waals surface area contributed by atoms with Crippen LogP contribution in [0.4, 0.5) is 0 Å². The molecule has 3 rings (SSSR count). The van der Waals surface area contributed by atoms with Crippen molar-refractivity contribution in [3.05, 3.63) is 0 Å². The zero-order chi connectivity index (χ0) is 66.4. The first-order valence-electron chi connectivity index (χ1n) is 33.6. The molecule has 26 nitrogen and oxygen atoms in total. The summed E-state index contributed by atoms with van der Waals surface area (Å²) >= 11 is 0. The highest BCUT2D eigenvalue weighted by Crippen LogP contribution is 2.31. The average Bonchev–Trinajstić information content (AvgIpc) is 1.89. The maximum Gasteiger partial charge on any atom is 0.223 e. The van der Waals surface area contributed by atoms with Gasteiger partial charge in [0.25, 0.3) is 0 Å². The Morgan fingerprint density at radius 1 is 0.467 bits per heavy atom. The summed E-state index contributed by atoms with van der Waals surface area (Å²) in [5.74, 6) is -3.05. The predicted molar refractivity (Wildman–Crippen MR) is 331 cm³/mol. The van der Waals surface area contributed by atoms with Crippen LogP contribution in [0.1, 0.15) is 201 Å². The van der Waals surface area contributed by atoms with Gasteiger partial charge >= 0.3 is 0 Å². The maximum absolute atomic E-state index is 14.4. The van der Waals surface area contributed by atoms with Gasteiger partial charge in [-0.15, -0.1) is 0 Å². The summed E-state index contributed by atoms with van der Waals surface area (Å²) in [7, 11) is 1.54. The van der Waals surface area contributed by atoms with Gasteiger partial charge in [-0.05, 0) is 83.5 Å². The molecule has 0 aliphatic carbocycles. The number of methoxy groups -OCH3 is 1. The molecule has 0 aromatic rings. The molecule has 0 bridgehead atoms. The van der Waals surface area contributed by atoms with Gasteiger partial charge in [0.1, 0.15) is 48.5 Å². The number of Topliss-reactive ketones (excluding diaryl/α,β-unsaturated/α-hetero) is 2. The van der Waals surface area contributed by atoms with E-state index < -0.39 is 104 Å². The summed E-state index contributed by atoms with van der Waals surface area (Å²) in [6.07, 6.45) is 2.80. The number of aliphatic hydroxyl groups excluding tert-OH is 9. The molecule has 3 aliphatic heterocycles. The summed E-state index contributed by atoms with van der Waals surface area (Å²) in [6.45, 7) is 5.08. The molecule has 14 N–H and O–H groups in total. The van der Waals surface area contributed by atoms with E-state index in [1.807, 2.05) is 6.92 Å². The van der Waals surface area contributed by atoms with Crippen molar-refractivity contribution in [2.24, 2.45) is 17.8 Å². The third-order valence-electron chi connectivity index (χ3n) is 17.7. The number of unbranched alkanes of at least 4 members (excludes halogenated alkanes) is 12. The first-order chi connectivity index (χ1) is 43.2. The molecule has 0 aromatic carbocycles. The third-order valence-corrected chi connectivity index (χ3v) is 17.7. The van der Waals surface area contributed by atoms with Crippen LogP contribution in [0.15, 0.2) is 0 Å². The number of hydrogen-bond donors (Lipinski definition) is 14. The molecule has 0 aromatic heterocycles. The smallest absolute Gasteiger partial charge is 0.223 e. The van der Waals surface area contributed by atoms with Crippen LogP contribution < -0.4 is 26.6 Å². The van der Waals surface area contributed by atoms with Crippen molar-refractivity contribution in [1.29, 1.82) is 0 Å². The molecule has 3 fully saturated rings. The van der Waals surface area contributed by atoms with Crippen molar-refractivity contribution < 1.29 is 103 Å². The highest BCUT2D eigenvalue weighted by atomic mass is 16.7. The van der Waals surface area contributed by atoms with Crippen molar-refractivity contribution in [2.45, 2.75) is 286 Å². The number of ether oxygens (including phenoxy) is 5. The summed E-state index contributed by atoms with van der Waals surface area (Å²) in [4.78, 5) is 91.4. The zero-order valence-electron chi connectivity index (χ0n) is 54.2. The van der Waals surface area contributed by atoms with Crippen molar-refractivity contribution in [3.63, 3.8) is 0 Å². The van der Waals surface area contributed by atoms with Gasteiger partial charge in [-0.2, -0.15) is 0 Å². The molecule has 3 heterocycles. The van der Waals surface area contributed by atoms with Gasteiger partial charge in [0, 0.05) is 96.6 Å². The number of aliphatic hydroxyl groups is 9. The van der Waals surface area contributed by atoms with Gasteiger partial charge in [0.05, 0.1) is 62.9 Å². The monoisotopic (exact) mass is 1290 g/mol. The molecule has 3 saturated heterocycles. The quantitative estimate of drug-likeness (QED) is 0.0382. The Labute approximate surface area is 532 Å². The Balaban J connectivity index is 1.55. The van der Waals surface area contributed by atoms with Gasteiger partial charge in [0.15, 0.2) is 12.1 Å². The number of rotatable bonds is 49. The minimum atomic E-state index is -1.35. The molecule has 8 unspecified atom stereocenters. The Kier molecular flexibility index (Phi) is 41.3. The van der Waals surface area contributed by atoms with Gasteiger partial charge in [-0.1, -0.05) is 71.6 Å². The highest BCUT2D eigenvalue weighted by Gasteiger charge is 2.45. The first kappa shape index (κ1) is 80.4. The van der Waals surface area contributed by atoms with Gasteiger partial charge in [0.2, 0.25) is 29.5 Å². The van der Waals surface area contributed by atoms with Crippen molar-refractivity contribution in [3.8, 4) is 0 Å². The molecular formula is C64H115N5O21. The Hall–Kier alpha value is -3.87. The van der Waals surface area contributed by atoms with E-state index in [-0.39, 0.29) is 92.0 Å². The van der Waals surface area contributed by atoms with Crippen molar-refractivity contribution >= 4 is 41.1 Å². The normalized spacial score (nSPS) is 27.5. The van der Waals surface area contributed by atoms with Crippen LogP contribution in [0.2, 0.25) is 0 Å². The van der Waals surface area contributed by atoms with E-state index in [0.29, 0.717) is 148 Å². The standard InChI is InChI=1S/C64H115N5O21/c1-41-48(88-50(38-70)59(81)57(41)79)26-12-5-7-14-28-54(77)66-33-21-18-25-46(69-55(78)30-16-10-22-35-87-64-42(2)58(80)60(82)52(40-72)90-64)47(75)37-44(63(85)67-34-19-9-11-24-45(74)31-36-86-4)23-17-20-32-65-53(76)29-15-8-6-13-27-49-56(68-43(3)73)62(84)61(83)51(39-71)89-49/h41-42,44,46,48-52,56-62,64,70-72,79-84H,5-40H2,1-4H3,(H,65,76)(H,66,77)(H,67,85)(H,68,73)(H,69,78)/t41?,42?,44?,46?,48-,49-,50?,51?,52?,56?,57+,58+,59-,60-,61-,62+,64+/m0/s1. The SMILES string of the molecule is COCCC(=O)CCCCCNC(=O)C(CCCCNC(=O)CCCCCC[C@@H]1OC(CO)[C@H](O)[C@H](O)C1NC(C)=O)CC(=O)C(CCCCNC(=O)CCCCCC[C@@H]1OC(CO)[C@H](O)[C@H](O)C1C)NC(=O)CCCCCO[C@@H]1OC(CO)[C@H](O)[C@H](O)C1C. The number of amides is 5. The second-order valence-electron chi connectivity index (χ2n) is 25.1. The molecule has 3 aliphatic rings. The van der Waals surface area contributed by atoms with E-state index in [9.17, 15) is 79.5 Å². The fourth-order valence-corrected chi connectivity index (χ4v) is 11.9. The van der Waals surface area contributed by atoms with Crippen LogP contribution >= 0.6 is 0 Å². The minimum Gasteiger partial charge on any atom is -0.394 e. The number of carbonyl (C=O) groups excluding carboxylic acids is 7. The van der Waals surface area contributed by atoms with Crippen molar-refractivity contribution in [1.82, 2.24) is 26.6 Å². The predicted octanol–water partition coefficient (Wildman–Crippen LogP) is 1.34. The van der Waals surface area contributed by atoms with Crippen molar-refractivity contribution in [2.75, 3.05) is 59.8 Å². The Bertz CT molecular complexity index is 2040. The molecule has 0 saturated carbocycles. The van der Waals surface area contributed by atoms with E-state index in [2.05, 4.69) is 26.6 Å². The topological polar surface area (TPSA) is 408 Å². The van der Waals surface area contributed by atoms with Crippen LogP contribution in [0.25, 0.3) is 0 Å². The second kappa shape index (κ2) is 46.3. The van der Waals surface area contributed by atoms with Crippen LogP contribution in [-0.4, -0.2) is 232 Å². The van der Waals surface area contributed by atoms with E-state index in [4.69, 9.17) is 23.7 Å². The Morgan fingerprint density at radius 2 is 0.944 bits per heavy atom. The molecule has 90 heavy (non-hydrogen) atoms. The largest absolute Gasteiger partial charge is 0.394 e. The van der Waals surface area contributed by atoms with Crippen LogP contribution in [-0.2, 0) is 57.2 Å². The lowest BCUT2D eigenvalue weighted by molar-refractivity contribution is -0.282. The highest BCUT2D eigenvalue weighted by molar-refractivity contribution is 5.92. The van der Waals surface area contributed by atoms with Crippen LogP contribution in [0.5, 0.6) is 0 Å². The van der Waals surface area contributed by atoms with E-state index in [1.165, 1.54) is 6.92 Å². The van der Waals surface area contributed by atoms with Crippen LogP contribution in [0, 0.1) is 17.8 Å². The molecule has 26 heteroatoms. The number of carbonyl (C=O) groups is 7. The number of hydrogen-bond acceptors (Lipinski definition) is 21. The number of ketones is 2. The van der Waals surface area contributed by atoms with E-state index >= 15 is 0 Å². The lowest BCUT2D eigenvalue weighted by Crippen LogP contribution is -2.63.